The van der Waals surface area contributed by atoms with Gasteiger partial charge < -0.3 is 14.2 Å². The Hall–Kier alpha value is -9.96. The number of hydrogen-bond donors (Lipinski definition) is 0. The van der Waals surface area contributed by atoms with Crippen molar-refractivity contribution in [3.8, 4) is 44.5 Å². The van der Waals surface area contributed by atoms with Crippen LogP contribution in [0.1, 0.15) is 44.5 Å². The largest absolute Gasteiger partial charge is 0.456 e. The van der Waals surface area contributed by atoms with Crippen LogP contribution >= 0.6 is 0 Å². The maximum atomic E-state index is 6.28. The van der Waals surface area contributed by atoms with Crippen LogP contribution in [-0.2, 0) is 10.8 Å². The van der Waals surface area contributed by atoms with Crippen molar-refractivity contribution in [1.82, 2.24) is 0 Å². The van der Waals surface area contributed by atoms with Gasteiger partial charge in [-0.3, -0.25) is 0 Å². The summed E-state index contributed by atoms with van der Waals surface area (Å²) in [7, 11) is 0. The lowest BCUT2D eigenvalue weighted by Crippen LogP contribution is -2.36. The summed E-state index contributed by atoms with van der Waals surface area (Å²) in [6, 6.07) is 104. The van der Waals surface area contributed by atoms with Crippen LogP contribution in [-0.4, -0.2) is 0 Å². The Morgan fingerprint density at radius 1 is 0.299 bits per heavy atom. The van der Waals surface area contributed by atoms with Crippen LogP contribution in [0.15, 0.2) is 283 Å². The first-order valence-electron chi connectivity index (χ1n) is 26.7. The second-order valence-electron chi connectivity index (χ2n) is 21.0. The smallest absolute Gasteiger partial charge is 0.135 e. The normalized spacial score (nSPS) is 14.2. The Morgan fingerprint density at radius 2 is 0.779 bits per heavy atom. The van der Waals surface area contributed by atoms with Gasteiger partial charge in [-0.2, -0.15) is 0 Å². The van der Waals surface area contributed by atoms with E-state index in [2.05, 4.69) is 277 Å². The molecule has 0 N–H and O–H groups in total. The standard InChI is InChI=1S/C74H46N2O/c1-2-19-49(20-3-1)76-67-33-15-13-30-63(67)74(64-31-14-16-34-68(64)76)62-29-12-7-25-57(62)72-65(74)32-18-35-69(72)75(50-40-37-47(38-41-50)48-39-44-71-58(45-48)56-24-8-17-36-70(56)77-71)51-42-43-55-54-23-6-11-28-61(54)73(66(55)46-51)59-26-9-4-21-52(59)53-22-5-10-27-60(53)73/h1-46H. The molecular weight excluding hydrogens is 933 g/mol. The first-order chi connectivity index (χ1) is 38.2. The average Bonchev–Trinajstić information content (AvgIpc) is 4.34. The molecule has 1 aromatic heterocycles. The highest BCUT2D eigenvalue weighted by Gasteiger charge is 2.54. The summed E-state index contributed by atoms with van der Waals surface area (Å²) in [6.45, 7) is 0. The zero-order chi connectivity index (χ0) is 50.4. The summed E-state index contributed by atoms with van der Waals surface area (Å²) in [5.74, 6) is 0. The molecule has 3 nitrogen and oxygen atoms in total. The lowest BCUT2D eigenvalue weighted by atomic mass is 9.64. The van der Waals surface area contributed by atoms with E-state index in [0.717, 1.165) is 55.8 Å². The van der Waals surface area contributed by atoms with E-state index in [0.29, 0.717) is 0 Å². The van der Waals surface area contributed by atoms with Crippen LogP contribution in [0.5, 0.6) is 0 Å². The van der Waals surface area contributed by atoms with E-state index >= 15 is 0 Å². The molecule has 0 saturated carbocycles. The third kappa shape index (κ3) is 5.54. The number of para-hydroxylation sites is 4. The van der Waals surface area contributed by atoms with Crippen molar-refractivity contribution in [3.05, 3.63) is 324 Å². The Kier molecular flexibility index (Phi) is 8.69. The Balaban J connectivity index is 0.925. The fourth-order valence-corrected chi connectivity index (χ4v) is 14.5. The lowest BCUT2D eigenvalue weighted by Gasteiger charge is -2.45. The molecule has 0 atom stereocenters. The molecule has 3 heteroatoms. The molecule has 358 valence electrons. The topological polar surface area (TPSA) is 19.6 Å². The van der Waals surface area contributed by atoms with Gasteiger partial charge in [0.15, 0.2) is 0 Å². The zero-order valence-electron chi connectivity index (χ0n) is 41.9. The molecule has 0 fully saturated rings. The monoisotopic (exact) mass is 978 g/mol. The summed E-state index contributed by atoms with van der Waals surface area (Å²) >= 11 is 0. The number of furan rings is 1. The Morgan fingerprint density at radius 3 is 1.44 bits per heavy atom. The van der Waals surface area contributed by atoms with Crippen LogP contribution in [0.4, 0.5) is 34.1 Å². The number of anilines is 6. The van der Waals surface area contributed by atoms with E-state index in [-0.39, 0.29) is 0 Å². The van der Waals surface area contributed by atoms with Crippen molar-refractivity contribution in [1.29, 1.82) is 0 Å². The highest BCUT2D eigenvalue weighted by Crippen LogP contribution is 2.67. The molecular formula is C74H46N2O. The first-order valence-corrected chi connectivity index (χ1v) is 26.7. The van der Waals surface area contributed by atoms with E-state index in [1.807, 2.05) is 12.1 Å². The van der Waals surface area contributed by atoms with Gasteiger partial charge in [0, 0.05) is 33.4 Å². The van der Waals surface area contributed by atoms with Crippen molar-refractivity contribution in [2.75, 3.05) is 9.80 Å². The van der Waals surface area contributed by atoms with Gasteiger partial charge in [0.05, 0.1) is 27.9 Å². The van der Waals surface area contributed by atoms with E-state index in [9.17, 15) is 0 Å². The van der Waals surface area contributed by atoms with Crippen molar-refractivity contribution >= 4 is 56.1 Å². The van der Waals surface area contributed by atoms with Gasteiger partial charge in [-0.1, -0.05) is 206 Å². The number of benzene rings is 12. The zero-order valence-corrected chi connectivity index (χ0v) is 41.9. The van der Waals surface area contributed by atoms with Crippen LogP contribution < -0.4 is 9.80 Å². The molecule has 13 aromatic rings. The predicted octanol–water partition coefficient (Wildman–Crippen LogP) is 19.2. The number of hydrogen-bond acceptors (Lipinski definition) is 3. The van der Waals surface area contributed by atoms with Crippen molar-refractivity contribution in [3.63, 3.8) is 0 Å². The van der Waals surface area contributed by atoms with Gasteiger partial charge in [-0.25, -0.2) is 0 Å². The molecule has 0 saturated heterocycles. The van der Waals surface area contributed by atoms with Gasteiger partial charge >= 0.3 is 0 Å². The van der Waals surface area contributed by atoms with Gasteiger partial charge in [0.2, 0.25) is 0 Å². The third-order valence-electron chi connectivity index (χ3n) is 17.5. The summed E-state index contributed by atoms with van der Waals surface area (Å²) in [6.07, 6.45) is 0. The Bertz CT molecular complexity index is 4490. The lowest BCUT2D eigenvalue weighted by molar-refractivity contribution is 0.669. The minimum absolute atomic E-state index is 0.504. The highest BCUT2D eigenvalue weighted by molar-refractivity contribution is 6.07. The fourth-order valence-electron chi connectivity index (χ4n) is 14.5. The molecule has 4 aliphatic rings. The maximum absolute atomic E-state index is 6.28. The van der Waals surface area contributed by atoms with E-state index in [4.69, 9.17) is 4.42 Å². The summed E-state index contributed by atoms with van der Waals surface area (Å²) in [5, 5.41) is 2.25. The molecule has 77 heavy (non-hydrogen) atoms. The molecule has 0 radical (unpaired) electrons. The van der Waals surface area contributed by atoms with Crippen LogP contribution in [0.2, 0.25) is 0 Å². The molecule has 1 aliphatic heterocycles. The molecule has 2 heterocycles. The summed E-state index contributed by atoms with van der Waals surface area (Å²) in [5.41, 5.74) is 27.8. The SMILES string of the molecule is c1ccc(N2c3ccccc3C3(c4ccccc4-c4c(N(c5ccc(-c6ccc7oc8ccccc8c7c6)cc5)c5ccc6c(c5)C5(c7ccccc7-c7ccccc75)c5ccccc5-6)cccc43)c3ccccc32)cc1. The molecule has 0 amide bonds. The van der Waals surface area contributed by atoms with Crippen molar-refractivity contribution < 1.29 is 4.42 Å². The van der Waals surface area contributed by atoms with Gasteiger partial charge in [-0.15, -0.1) is 0 Å². The minimum Gasteiger partial charge on any atom is -0.456 e. The minimum atomic E-state index is -0.618. The summed E-state index contributed by atoms with van der Waals surface area (Å²) < 4.78 is 6.28. The van der Waals surface area contributed by atoms with E-state index in [1.165, 1.54) is 89.3 Å². The van der Waals surface area contributed by atoms with Gasteiger partial charge in [-0.05, 0) is 156 Å². The number of fused-ring (bicyclic) bond motifs is 22. The Labute approximate surface area is 446 Å². The number of rotatable bonds is 5. The number of nitrogens with zero attached hydrogens (tertiary/aromatic N) is 2. The molecule has 17 rings (SSSR count). The average molecular weight is 979 g/mol. The molecule has 0 bridgehead atoms. The van der Waals surface area contributed by atoms with Crippen LogP contribution in [0, 0.1) is 0 Å². The van der Waals surface area contributed by atoms with Gasteiger partial charge in [0.25, 0.3) is 0 Å². The van der Waals surface area contributed by atoms with Crippen molar-refractivity contribution in [2.45, 2.75) is 10.8 Å². The quantitative estimate of drug-likeness (QED) is 0.171. The predicted molar refractivity (Wildman–Crippen MR) is 316 cm³/mol. The summed E-state index contributed by atoms with van der Waals surface area (Å²) in [4.78, 5) is 5.00. The van der Waals surface area contributed by atoms with Gasteiger partial charge in [0.1, 0.15) is 11.2 Å². The second kappa shape index (κ2) is 15.8. The van der Waals surface area contributed by atoms with E-state index in [1.54, 1.807) is 0 Å². The van der Waals surface area contributed by atoms with Crippen molar-refractivity contribution in [2.24, 2.45) is 0 Å². The molecule has 0 unspecified atom stereocenters. The first kappa shape index (κ1) is 42.4. The molecule has 2 spiro atoms. The van der Waals surface area contributed by atoms with Crippen LogP contribution in [0.25, 0.3) is 66.4 Å². The maximum Gasteiger partial charge on any atom is 0.135 e. The van der Waals surface area contributed by atoms with E-state index < -0.39 is 10.8 Å². The molecule has 12 aromatic carbocycles. The van der Waals surface area contributed by atoms with Crippen LogP contribution in [0.3, 0.4) is 0 Å². The fraction of sp³-hybridized carbons (Fsp3) is 0.0270. The third-order valence-corrected chi connectivity index (χ3v) is 17.5. The molecule has 3 aliphatic carbocycles. The highest BCUT2D eigenvalue weighted by atomic mass is 16.3. The second-order valence-corrected chi connectivity index (χ2v) is 21.0.